The van der Waals surface area contributed by atoms with E-state index in [9.17, 15) is 0 Å². The van der Waals surface area contributed by atoms with Gasteiger partial charge >= 0.3 is 0 Å². The number of hydrogen-bond donors (Lipinski definition) is 1. The van der Waals surface area contributed by atoms with Crippen LogP contribution in [0.4, 0.5) is 0 Å². The first-order valence-corrected chi connectivity index (χ1v) is 7.00. The van der Waals surface area contributed by atoms with Crippen LogP contribution in [0, 0.1) is 0 Å². The predicted octanol–water partition coefficient (Wildman–Crippen LogP) is 0.891. The molecule has 0 spiro atoms. The van der Waals surface area contributed by atoms with Gasteiger partial charge in [-0.05, 0) is 26.9 Å². The molecule has 0 amide bonds. The van der Waals surface area contributed by atoms with E-state index < -0.39 is 8.99 Å². The Kier molecular flexibility index (Phi) is 7.37. The Morgan fingerprint density at radius 3 is 2.64 bits per heavy atom. The molecule has 1 atom stereocenters. The van der Waals surface area contributed by atoms with Gasteiger partial charge in [0.1, 0.15) is 0 Å². The van der Waals surface area contributed by atoms with E-state index >= 15 is 0 Å². The molecule has 0 aliphatic rings. The molecule has 1 N–H and O–H groups in total. The lowest BCUT2D eigenvalue weighted by Gasteiger charge is -2.25. The van der Waals surface area contributed by atoms with E-state index in [1.54, 1.807) is 0 Å². The summed E-state index contributed by atoms with van der Waals surface area (Å²) >= 11 is 5.90. The fraction of sp³-hybridized carbons (Fsp3) is 1.00. The molecule has 0 fully saturated rings. The average molecular weight is 195 g/mol. The molecule has 0 aliphatic carbocycles. The molecule has 0 saturated carbocycles. The van der Waals surface area contributed by atoms with E-state index in [4.69, 9.17) is 11.1 Å². The van der Waals surface area contributed by atoms with Crippen LogP contribution in [-0.2, 0) is 0 Å². The van der Waals surface area contributed by atoms with Gasteiger partial charge in [-0.3, -0.25) is 0 Å². The molecule has 0 saturated heterocycles. The van der Waals surface area contributed by atoms with Gasteiger partial charge in [-0.15, -0.1) is 0 Å². The number of halogens is 1. The van der Waals surface area contributed by atoms with Crippen LogP contribution >= 0.6 is 11.1 Å². The molecule has 4 heteroatoms. The Labute approximate surface area is 76.9 Å². The molecule has 0 aliphatic heterocycles. The second-order valence-corrected chi connectivity index (χ2v) is 4.52. The van der Waals surface area contributed by atoms with Crippen molar-refractivity contribution < 1.29 is 0 Å². The number of unbranched alkanes of at least 4 members (excludes halogenated alkanes) is 1. The highest BCUT2D eigenvalue weighted by Gasteiger charge is 2.08. The fourth-order valence-corrected chi connectivity index (χ4v) is 2.61. The second kappa shape index (κ2) is 7.10. The topological polar surface area (TPSA) is 15.3 Å². The van der Waals surface area contributed by atoms with Crippen LogP contribution in [0.25, 0.3) is 0 Å². The molecule has 0 rings (SSSR count). The minimum absolute atomic E-state index is 0.450. The van der Waals surface area contributed by atoms with Crippen molar-refractivity contribution in [3.63, 3.8) is 0 Å². The quantitative estimate of drug-likeness (QED) is 0.384. The zero-order valence-electron chi connectivity index (χ0n) is 7.73. The molecule has 1 unspecified atom stereocenters. The van der Waals surface area contributed by atoms with Crippen molar-refractivity contribution in [3.8, 4) is 0 Å². The maximum absolute atomic E-state index is 5.90. The Hall–Kier alpha value is 0.427. The molecular formula is C7H19ClN2Si. The predicted molar refractivity (Wildman–Crippen MR) is 54.5 cm³/mol. The van der Waals surface area contributed by atoms with Crippen LogP contribution < -0.4 is 5.32 Å². The van der Waals surface area contributed by atoms with Gasteiger partial charge in [0, 0.05) is 0 Å². The number of hydrogen-bond acceptors (Lipinski definition) is 2. The van der Waals surface area contributed by atoms with Crippen molar-refractivity contribution in [1.29, 1.82) is 0 Å². The summed E-state index contributed by atoms with van der Waals surface area (Å²) in [6.07, 6.45) is 2.95. The van der Waals surface area contributed by atoms with Crippen LogP contribution in [-0.4, -0.2) is 33.3 Å². The lowest BCUT2D eigenvalue weighted by atomic mass is 10.3. The highest BCUT2D eigenvalue weighted by molar-refractivity contribution is 6.92. The highest BCUT2D eigenvalue weighted by Crippen LogP contribution is 1.98. The first kappa shape index (κ1) is 11.4. The summed E-state index contributed by atoms with van der Waals surface area (Å²) in [5, 5.41) is 3.20. The molecule has 0 aromatic carbocycles. The largest absolute Gasteiger partial charge is 0.306 e. The Morgan fingerprint density at radius 2 is 2.27 bits per heavy atom. The molecular weight excluding hydrogens is 176 g/mol. The van der Waals surface area contributed by atoms with E-state index in [0.717, 1.165) is 6.54 Å². The van der Waals surface area contributed by atoms with Crippen molar-refractivity contribution in [2.75, 3.05) is 13.6 Å². The fourth-order valence-electron chi connectivity index (χ4n) is 0.901. The molecule has 68 valence electrons. The van der Waals surface area contributed by atoms with Crippen molar-refractivity contribution in [3.05, 3.63) is 0 Å². The molecule has 0 aromatic heterocycles. The van der Waals surface area contributed by atoms with Crippen LogP contribution in [0.2, 0.25) is 0 Å². The zero-order valence-corrected chi connectivity index (χ0v) is 9.90. The first-order valence-electron chi connectivity index (χ1n) is 4.23. The van der Waals surface area contributed by atoms with Gasteiger partial charge in [-0.1, -0.05) is 13.3 Å². The van der Waals surface area contributed by atoms with Gasteiger partial charge in [-0.25, -0.2) is 0 Å². The normalized spacial score (nSPS) is 15.0. The van der Waals surface area contributed by atoms with Gasteiger partial charge in [0.2, 0.25) is 0 Å². The second-order valence-electron chi connectivity index (χ2n) is 2.75. The van der Waals surface area contributed by atoms with E-state index in [1.165, 1.54) is 12.8 Å². The van der Waals surface area contributed by atoms with Crippen molar-refractivity contribution >= 4 is 20.1 Å². The summed E-state index contributed by atoms with van der Waals surface area (Å²) in [7, 11) is 1.47. The van der Waals surface area contributed by atoms with E-state index in [-0.39, 0.29) is 0 Å². The SMILES string of the molecule is CCCCN([SiH2]Cl)C(C)NC. The summed E-state index contributed by atoms with van der Waals surface area (Å²) in [5.74, 6) is 0. The summed E-state index contributed by atoms with van der Waals surface area (Å²) in [5.41, 5.74) is 0. The van der Waals surface area contributed by atoms with Crippen molar-refractivity contribution in [1.82, 2.24) is 9.88 Å². The Morgan fingerprint density at radius 1 is 1.64 bits per heavy atom. The average Bonchev–Trinajstić information content (AvgIpc) is 2.05. The van der Waals surface area contributed by atoms with Crippen molar-refractivity contribution in [2.45, 2.75) is 32.9 Å². The van der Waals surface area contributed by atoms with Gasteiger partial charge in [0.25, 0.3) is 0 Å². The van der Waals surface area contributed by atoms with Crippen LogP contribution in [0.3, 0.4) is 0 Å². The monoisotopic (exact) mass is 194 g/mol. The third-order valence-electron chi connectivity index (χ3n) is 1.92. The van der Waals surface area contributed by atoms with E-state index in [0.29, 0.717) is 6.17 Å². The maximum atomic E-state index is 5.90. The third-order valence-corrected chi connectivity index (χ3v) is 4.01. The third kappa shape index (κ3) is 4.79. The zero-order chi connectivity index (χ0) is 8.69. The molecule has 0 aromatic rings. The Balaban J connectivity index is 3.56. The van der Waals surface area contributed by atoms with Crippen LogP contribution in [0.15, 0.2) is 0 Å². The van der Waals surface area contributed by atoms with Gasteiger partial charge < -0.3 is 9.88 Å². The first-order chi connectivity index (χ1) is 5.26. The van der Waals surface area contributed by atoms with Crippen molar-refractivity contribution in [2.24, 2.45) is 0 Å². The highest BCUT2D eigenvalue weighted by atomic mass is 35.6. The van der Waals surface area contributed by atoms with Crippen LogP contribution in [0.5, 0.6) is 0 Å². The lowest BCUT2D eigenvalue weighted by Crippen LogP contribution is -2.43. The van der Waals surface area contributed by atoms with Gasteiger partial charge in [-0.2, -0.15) is 11.1 Å². The molecule has 2 nitrogen and oxygen atoms in total. The van der Waals surface area contributed by atoms with E-state index in [1.807, 2.05) is 7.05 Å². The molecule has 11 heavy (non-hydrogen) atoms. The van der Waals surface area contributed by atoms with Gasteiger partial charge in [0.15, 0.2) is 8.99 Å². The summed E-state index contributed by atoms with van der Waals surface area (Å²) in [4.78, 5) is 0. The number of rotatable bonds is 6. The summed E-state index contributed by atoms with van der Waals surface area (Å²) in [6.45, 7) is 5.51. The van der Waals surface area contributed by atoms with E-state index in [2.05, 4.69) is 23.7 Å². The van der Waals surface area contributed by atoms with Gasteiger partial charge in [0.05, 0.1) is 6.17 Å². The lowest BCUT2D eigenvalue weighted by molar-refractivity contribution is 0.314. The smallest absolute Gasteiger partial charge is 0.199 e. The maximum Gasteiger partial charge on any atom is 0.199 e. The molecule has 0 heterocycles. The number of nitrogens with one attached hydrogen (secondary N) is 1. The summed E-state index contributed by atoms with van der Waals surface area (Å²) in [6, 6.07) is 0. The number of nitrogens with zero attached hydrogens (tertiary/aromatic N) is 1. The molecule has 0 bridgehead atoms. The standard InChI is InChI=1S/C7H19ClN2Si/c1-4-5-6-10(11-8)7(2)9-3/h7,9H,4-6,11H2,1-3H3. The Bertz CT molecular complexity index is 92.5. The minimum Gasteiger partial charge on any atom is -0.306 e. The summed E-state index contributed by atoms with van der Waals surface area (Å²) < 4.78 is 2.35. The molecule has 0 radical (unpaired) electrons. The van der Waals surface area contributed by atoms with Crippen LogP contribution in [0.1, 0.15) is 26.7 Å². The minimum atomic E-state index is -0.508.